The fraction of sp³-hybridized carbons (Fsp3) is 0.308. The smallest absolute Gasteiger partial charge is 0.336 e. The number of aromatic carboxylic acids is 1. The van der Waals surface area contributed by atoms with Crippen molar-refractivity contribution in [1.29, 1.82) is 0 Å². The molecule has 0 bridgehead atoms. The normalized spacial score (nSPS) is 10.1. The fourth-order valence-corrected chi connectivity index (χ4v) is 1.65. The van der Waals surface area contributed by atoms with E-state index >= 15 is 0 Å². The van der Waals surface area contributed by atoms with Gasteiger partial charge < -0.3 is 15.3 Å². The maximum atomic E-state index is 13.2. The number of nitrogens with zero attached hydrogens (tertiary/aromatic N) is 1. The van der Waals surface area contributed by atoms with E-state index in [0.29, 0.717) is 18.7 Å². The summed E-state index contributed by atoms with van der Waals surface area (Å²) in [6.07, 6.45) is 0. The molecule has 0 fully saturated rings. The van der Waals surface area contributed by atoms with Gasteiger partial charge in [-0.3, -0.25) is 9.59 Å². The third kappa shape index (κ3) is 3.98. The first-order chi connectivity index (χ1) is 9.77. The quantitative estimate of drug-likeness (QED) is 0.845. The van der Waals surface area contributed by atoms with E-state index in [1.54, 1.807) is 6.92 Å². The highest BCUT2D eigenvalue weighted by Gasteiger charge is 2.23. The predicted octanol–water partition coefficient (Wildman–Crippen LogP) is 0.871. The molecule has 2 N–H and O–H groups in total. The minimum atomic E-state index is -1.57. The summed E-state index contributed by atoms with van der Waals surface area (Å²) in [5.74, 6) is -5.61. The first-order valence-electron chi connectivity index (χ1n) is 6.02. The summed E-state index contributed by atoms with van der Waals surface area (Å²) in [5.41, 5.74) is -1.19. The van der Waals surface area contributed by atoms with Gasteiger partial charge in [-0.1, -0.05) is 0 Å². The summed E-state index contributed by atoms with van der Waals surface area (Å²) >= 11 is 0. The number of carboxylic acid groups (broad SMARTS) is 1. The van der Waals surface area contributed by atoms with Crippen LogP contribution in [0.25, 0.3) is 0 Å². The third-order valence-electron chi connectivity index (χ3n) is 2.62. The number of carbonyl (C=O) groups excluding carboxylic acids is 2. The Kier molecular flexibility index (Phi) is 5.34. The number of hydrogen-bond donors (Lipinski definition) is 2. The molecule has 0 aliphatic heterocycles. The first kappa shape index (κ1) is 16.5. The van der Waals surface area contributed by atoms with Gasteiger partial charge in [0.1, 0.15) is 0 Å². The van der Waals surface area contributed by atoms with Crippen LogP contribution in [0.3, 0.4) is 0 Å². The Bertz CT molecular complexity index is 590. The van der Waals surface area contributed by atoms with Crippen LogP contribution in [0.15, 0.2) is 12.1 Å². The van der Waals surface area contributed by atoms with Crippen molar-refractivity contribution in [2.75, 3.05) is 20.1 Å². The van der Waals surface area contributed by atoms with E-state index in [0.717, 1.165) is 4.90 Å². The van der Waals surface area contributed by atoms with Crippen LogP contribution >= 0.6 is 0 Å². The summed E-state index contributed by atoms with van der Waals surface area (Å²) in [5, 5.41) is 11.4. The average molecular weight is 300 g/mol. The van der Waals surface area contributed by atoms with Crippen molar-refractivity contribution in [3.63, 3.8) is 0 Å². The number of halogens is 2. The van der Waals surface area contributed by atoms with E-state index in [-0.39, 0.29) is 6.54 Å². The molecule has 8 heteroatoms. The fourth-order valence-electron chi connectivity index (χ4n) is 1.65. The summed E-state index contributed by atoms with van der Waals surface area (Å²) in [6, 6.07) is 0.945. The predicted molar refractivity (Wildman–Crippen MR) is 69.0 cm³/mol. The Morgan fingerprint density at radius 3 is 2.19 bits per heavy atom. The lowest BCUT2D eigenvalue weighted by Gasteiger charge is -2.17. The van der Waals surface area contributed by atoms with Gasteiger partial charge in [-0.2, -0.15) is 0 Å². The number of amides is 2. The van der Waals surface area contributed by atoms with E-state index in [1.807, 2.05) is 0 Å². The molecule has 0 saturated carbocycles. The van der Waals surface area contributed by atoms with Gasteiger partial charge in [0.25, 0.3) is 5.91 Å². The molecule has 2 amide bonds. The molecule has 0 radical (unpaired) electrons. The Morgan fingerprint density at radius 2 is 1.71 bits per heavy atom. The van der Waals surface area contributed by atoms with Gasteiger partial charge in [0.15, 0.2) is 11.6 Å². The summed E-state index contributed by atoms with van der Waals surface area (Å²) in [6.45, 7) is 1.73. The van der Waals surface area contributed by atoms with E-state index in [4.69, 9.17) is 5.11 Å². The van der Waals surface area contributed by atoms with Crippen LogP contribution in [0.2, 0.25) is 0 Å². The Labute approximate surface area is 119 Å². The maximum absolute atomic E-state index is 13.2. The molecule has 0 unspecified atom stereocenters. The molecule has 6 nitrogen and oxygen atoms in total. The SMILES string of the molecule is CCNC(=O)CN(C)C(=O)c1cc(F)c(F)cc1C(=O)O. The lowest BCUT2D eigenvalue weighted by Crippen LogP contribution is -2.38. The molecule has 0 aliphatic rings. The highest BCUT2D eigenvalue weighted by Crippen LogP contribution is 2.17. The number of nitrogens with one attached hydrogen (secondary N) is 1. The molecule has 1 rings (SSSR count). The highest BCUT2D eigenvalue weighted by molar-refractivity contribution is 6.05. The second-order valence-corrected chi connectivity index (χ2v) is 4.23. The van der Waals surface area contributed by atoms with Gasteiger partial charge >= 0.3 is 5.97 Å². The molecular formula is C13H14F2N2O4. The topological polar surface area (TPSA) is 86.7 Å². The lowest BCUT2D eigenvalue weighted by molar-refractivity contribution is -0.121. The number of hydrogen-bond acceptors (Lipinski definition) is 3. The summed E-state index contributed by atoms with van der Waals surface area (Å²) in [4.78, 5) is 35.4. The third-order valence-corrected chi connectivity index (χ3v) is 2.62. The molecule has 0 saturated heterocycles. The molecule has 21 heavy (non-hydrogen) atoms. The number of carboxylic acids is 1. The highest BCUT2D eigenvalue weighted by atomic mass is 19.2. The van der Waals surface area contributed by atoms with E-state index in [1.165, 1.54) is 7.05 Å². The zero-order chi connectivity index (χ0) is 16.2. The van der Waals surface area contributed by atoms with Crippen LogP contribution in [0.5, 0.6) is 0 Å². The largest absolute Gasteiger partial charge is 0.478 e. The minimum Gasteiger partial charge on any atom is -0.478 e. The van der Waals surface area contributed by atoms with Crippen LogP contribution in [0.4, 0.5) is 8.78 Å². The molecule has 1 aromatic rings. The molecule has 0 heterocycles. The van der Waals surface area contributed by atoms with E-state index in [2.05, 4.69) is 5.32 Å². The van der Waals surface area contributed by atoms with Gasteiger partial charge in [0.2, 0.25) is 5.91 Å². The first-order valence-corrected chi connectivity index (χ1v) is 6.02. The zero-order valence-corrected chi connectivity index (χ0v) is 11.4. The van der Waals surface area contributed by atoms with E-state index < -0.39 is 40.5 Å². The van der Waals surface area contributed by atoms with Crippen LogP contribution in [0.1, 0.15) is 27.6 Å². The average Bonchev–Trinajstić information content (AvgIpc) is 2.40. The number of benzene rings is 1. The van der Waals surface area contributed by atoms with Crippen LogP contribution in [-0.2, 0) is 4.79 Å². The molecule has 0 atom stereocenters. The van der Waals surface area contributed by atoms with Gasteiger partial charge in [0, 0.05) is 13.6 Å². The molecule has 1 aromatic carbocycles. The Hall–Kier alpha value is -2.51. The minimum absolute atomic E-state index is 0.329. The van der Waals surface area contributed by atoms with Crippen molar-refractivity contribution < 1.29 is 28.3 Å². The molecule has 0 spiro atoms. The van der Waals surface area contributed by atoms with E-state index in [9.17, 15) is 23.2 Å². The van der Waals surface area contributed by atoms with Crippen molar-refractivity contribution >= 4 is 17.8 Å². The van der Waals surface area contributed by atoms with Crippen LogP contribution in [-0.4, -0.2) is 47.9 Å². The van der Waals surface area contributed by atoms with Gasteiger partial charge in [-0.25, -0.2) is 13.6 Å². The monoisotopic (exact) mass is 300 g/mol. The standard InChI is InChI=1S/C13H14F2N2O4/c1-3-16-11(18)6-17(2)12(19)7-4-9(14)10(15)5-8(7)13(20)21/h4-5H,3,6H2,1-2H3,(H,16,18)(H,20,21). The summed E-state index contributed by atoms with van der Waals surface area (Å²) < 4.78 is 26.3. The van der Waals surface area contributed by atoms with Gasteiger partial charge in [-0.15, -0.1) is 0 Å². The number of carbonyl (C=O) groups is 3. The van der Waals surface area contributed by atoms with Crippen molar-refractivity contribution in [2.24, 2.45) is 0 Å². The number of rotatable bonds is 5. The maximum Gasteiger partial charge on any atom is 0.336 e. The van der Waals surface area contributed by atoms with Gasteiger partial charge in [0.05, 0.1) is 17.7 Å². The molecular weight excluding hydrogens is 286 g/mol. The lowest BCUT2D eigenvalue weighted by atomic mass is 10.1. The summed E-state index contributed by atoms with van der Waals surface area (Å²) in [7, 11) is 1.25. The Balaban J connectivity index is 3.09. The molecule has 0 aromatic heterocycles. The second-order valence-electron chi connectivity index (χ2n) is 4.23. The van der Waals surface area contributed by atoms with Crippen LogP contribution in [0, 0.1) is 11.6 Å². The van der Waals surface area contributed by atoms with Gasteiger partial charge in [-0.05, 0) is 19.1 Å². The zero-order valence-electron chi connectivity index (χ0n) is 11.4. The Morgan fingerprint density at radius 1 is 1.19 bits per heavy atom. The van der Waals surface area contributed by atoms with Crippen LogP contribution < -0.4 is 5.32 Å². The number of likely N-dealkylation sites (N-methyl/N-ethyl adjacent to an activating group) is 2. The van der Waals surface area contributed by atoms with Crippen molar-refractivity contribution in [3.05, 3.63) is 34.9 Å². The second kappa shape index (κ2) is 6.78. The van der Waals surface area contributed by atoms with Crippen molar-refractivity contribution in [3.8, 4) is 0 Å². The van der Waals surface area contributed by atoms with Crippen molar-refractivity contribution in [1.82, 2.24) is 10.2 Å². The van der Waals surface area contributed by atoms with Crippen molar-refractivity contribution in [2.45, 2.75) is 6.92 Å². The molecule has 0 aliphatic carbocycles. The molecule has 114 valence electrons.